The molecule has 11 heteroatoms. The highest BCUT2D eigenvalue weighted by Crippen LogP contribution is 2.49. The Kier molecular flexibility index (Phi) is 7.75. The standard InChI is InChI=1S/C30H25N2O7PS/c1-18-16-32(30(35)31-28(18)33)26-15-24(38-29(34)19-9-3-2-4-10-19)25(37-26)17-36-40(41)39-27-22-13-7-5-11-20(22)21-12-6-8-14-23(21)27/h2-14,16,24-27H,15,17H2,1H3/p+1/t24-,25+,26+/m0/s1. The molecular weight excluding hydrogens is 563 g/mol. The van der Waals surface area contributed by atoms with E-state index in [1.165, 1.54) is 10.8 Å². The van der Waals surface area contributed by atoms with Gasteiger partial charge in [-0.2, -0.15) is 0 Å². The van der Waals surface area contributed by atoms with Crippen LogP contribution in [0.3, 0.4) is 0 Å². The molecule has 1 saturated heterocycles. The van der Waals surface area contributed by atoms with Gasteiger partial charge >= 0.3 is 18.8 Å². The van der Waals surface area contributed by atoms with E-state index < -0.39 is 42.8 Å². The number of aryl methyl sites for hydroxylation is 1. The van der Waals surface area contributed by atoms with Crippen molar-refractivity contribution in [2.45, 2.75) is 37.9 Å². The first-order chi connectivity index (χ1) is 19.9. The van der Waals surface area contributed by atoms with Crippen molar-refractivity contribution in [3.05, 3.63) is 128 Å². The monoisotopic (exact) mass is 589 g/mol. The molecule has 41 heavy (non-hydrogen) atoms. The van der Waals surface area contributed by atoms with Gasteiger partial charge in [-0.15, -0.1) is 9.05 Å². The molecule has 2 heterocycles. The summed E-state index contributed by atoms with van der Waals surface area (Å²) >= 11 is 5.61. The lowest BCUT2D eigenvalue weighted by molar-refractivity contribution is -0.0476. The third-order valence-corrected chi connectivity index (χ3v) is 8.53. The number of nitrogens with one attached hydrogen (secondary N) is 1. The highest BCUT2D eigenvalue weighted by molar-refractivity contribution is 8.00. The van der Waals surface area contributed by atoms with Crippen LogP contribution in [0.15, 0.2) is 94.6 Å². The maximum absolute atomic E-state index is 12.9. The zero-order chi connectivity index (χ0) is 28.5. The maximum Gasteiger partial charge on any atom is 0.522 e. The zero-order valence-electron chi connectivity index (χ0n) is 22.0. The fourth-order valence-electron chi connectivity index (χ4n) is 5.20. The van der Waals surface area contributed by atoms with Crippen molar-refractivity contribution in [3.8, 4) is 11.1 Å². The van der Waals surface area contributed by atoms with Gasteiger partial charge in [0.25, 0.3) is 5.56 Å². The number of H-pyrrole nitrogens is 1. The van der Waals surface area contributed by atoms with Gasteiger partial charge in [0.05, 0.1) is 5.56 Å². The minimum absolute atomic E-state index is 0.0223. The fourth-order valence-corrected chi connectivity index (χ4v) is 6.37. The van der Waals surface area contributed by atoms with Crippen molar-refractivity contribution in [1.82, 2.24) is 9.55 Å². The number of carbonyl (C=O) groups excluding carboxylic acids is 1. The first-order valence-electron chi connectivity index (χ1n) is 13.1. The molecule has 0 bridgehead atoms. The number of aromatic nitrogens is 2. The van der Waals surface area contributed by atoms with Gasteiger partial charge < -0.3 is 9.47 Å². The largest absolute Gasteiger partial charge is 0.522 e. The average Bonchev–Trinajstić information content (AvgIpc) is 3.53. The number of benzene rings is 3. The summed E-state index contributed by atoms with van der Waals surface area (Å²) in [4.78, 5) is 39.6. The summed E-state index contributed by atoms with van der Waals surface area (Å²) in [7, 11) is -1.78. The van der Waals surface area contributed by atoms with Crippen molar-refractivity contribution in [2.24, 2.45) is 0 Å². The predicted octanol–water partition coefficient (Wildman–Crippen LogP) is 4.94. The van der Waals surface area contributed by atoms with E-state index >= 15 is 0 Å². The molecular formula is C30H26N2O7PS+. The fraction of sp³-hybridized carbons (Fsp3) is 0.233. The molecule has 0 amide bonds. The zero-order valence-corrected chi connectivity index (χ0v) is 23.7. The molecule has 6 rings (SSSR count). The summed E-state index contributed by atoms with van der Waals surface area (Å²) in [6.07, 6.45) is -1.01. The van der Waals surface area contributed by atoms with Crippen LogP contribution in [0.5, 0.6) is 0 Å². The Hall–Kier alpha value is -3.79. The van der Waals surface area contributed by atoms with Crippen LogP contribution in [0, 0.1) is 6.92 Å². The van der Waals surface area contributed by atoms with Crippen molar-refractivity contribution in [1.29, 1.82) is 0 Å². The number of esters is 1. The third kappa shape index (κ3) is 5.57. The molecule has 0 saturated carbocycles. The molecule has 1 N–H and O–H groups in total. The Balaban J connectivity index is 1.19. The van der Waals surface area contributed by atoms with Crippen LogP contribution in [0.1, 0.15) is 45.8 Å². The van der Waals surface area contributed by atoms with Crippen LogP contribution in [0.2, 0.25) is 0 Å². The molecule has 208 valence electrons. The molecule has 4 aromatic rings. The first kappa shape index (κ1) is 27.4. The topological polar surface area (TPSA) is 109 Å². The first-order valence-corrected chi connectivity index (χ1v) is 15.3. The van der Waals surface area contributed by atoms with E-state index in [9.17, 15) is 14.4 Å². The number of rotatable bonds is 8. The van der Waals surface area contributed by atoms with Crippen LogP contribution < -0.4 is 11.2 Å². The van der Waals surface area contributed by atoms with Crippen LogP contribution in [-0.4, -0.2) is 34.3 Å². The number of fused-ring (bicyclic) bond motifs is 3. The van der Waals surface area contributed by atoms with Crippen LogP contribution >= 0.6 is 7.15 Å². The van der Waals surface area contributed by atoms with E-state index in [0.29, 0.717) is 11.1 Å². The van der Waals surface area contributed by atoms with E-state index in [-0.39, 0.29) is 19.1 Å². The molecule has 3 aromatic carbocycles. The van der Waals surface area contributed by atoms with Gasteiger partial charge in [-0.25, -0.2) is 9.59 Å². The van der Waals surface area contributed by atoms with Gasteiger partial charge in [0.15, 0.2) is 6.10 Å². The van der Waals surface area contributed by atoms with Crippen molar-refractivity contribution >= 4 is 24.9 Å². The van der Waals surface area contributed by atoms with Gasteiger partial charge in [-0.1, -0.05) is 66.7 Å². The van der Waals surface area contributed by atoms with E-state index in [4.69, 9.17) is 30.3 Å². The number of aromatic amines is 1. The molecule has 1 aliphatic heterocycles. The highest BCUT2D eigenvalue weighted by Gasteiger charge is 2.42. The number of hydrogen-bond acceptors (Lipinski definition) is 8. The normalized spacial score (nSPS) is 19.9. The summed E-state index contributed by atoms with van der Waals surface area (Å²) in [5.74, 6) is -0.522. The highest BCUT2D eigenvalue weighted by atomic mass is 32.4. The molecule has 0 spiro atoms. The Morgan fingerprint density at radius 1 is 1.00 bits per heavy atom. The summed E-state index contributed by atoms with van der Waals surface area (Å²) in [6, 6.07) is 24.7. The Labute approximate surface area is 241 Å². The molecule has 1 aromatic heterocycles. The van der Waals surface area contributed by atoms with E-state index in [0.717, 1.165) is 22.3 Å². The summed E-state index contributed by atoms with van der Waals surface area (Å²) in [6.45, 7) is 1.57. The summed E-state index contributed by atoms with van der Waals surface area (Å²) in [5.41, 5.74) is 3.90. The Morgan fingerprint density at radius 3 is 2.32 bits per heavy atom. The summed E-state index contributed by atoms with van der Waals surface area (Å²) < 4.78 is 25.5. The molecule has 9 nitrogen and oxygen atoms in total. The second-order valence-corrected chi connectivity index (χ2v) is 11.6. The predicted molar refractivity (Wildman–Crippen MR) is 155 cm³/mol. The lowest BCUT2D eigenvalue weighted by Crippen LogP contribution is -2.33. The van der Waals surface area contributed by atoms with Crippen LogP contribution in [0.25, 0.3) is 11.1 Å². The third-order valence-electron chi connectivity index (χ3n) is 7.22. The van der Waals surface area contributed by atoms with Gasteiger partial charge in [0.2, 0.25) is 11.8 Å². The minimum Gasteiger partial charge on any atom is -0.456 e. The van der Waals surface area contributed by atoms with E-state index in [1.807, 2.05) is 36.4 Å². The number of carbonyl (C=O) groups is 1. The molecule has 4 atom stereocenters. The van der Waals surface area contributed by atoms with Gasteiger partial charge in [-0.05, 0) is 41.3 Å². The summed E-state index contributed by atoms with van der Waals surface area (Å²) in [5, 5.41) is 0. The second-order valence-electron chi connectivity index (χ2n) is 9.83. The SMILES string of the molecule is Cc1cn([C@H]2C[C@H](OC(=O)c3ccccc3)[C@@H](CO[P+](=S)OC3c4ccccc4-c4ccccc43)O2)c(=O)[nH]c1=O. The number of ether oxygens (including phenoxy) is 2. The molecule has 2 aliphatic rings. The molecule has 1 fully saturated rings. The number of hydrogen-bond donors (Lipinski definition) is 1. The second kappa shape index (κ2) is 11.6. The minimum atomic E-state index is -1.78. The molecule has 1 aliphatic carbocycles. The quantitative estimate of drug-likeness (QED) is 0.228. The van der Waals surface area contributed by atoms with Gasteiger partial charge in [-0.3, -0.25) is 14.3 Å². The van der Waals surface area contributed by atoms with E-state index in [2.05, 4.69) is 17.1 Å². The van der Waals surface area contributed by atoms with Crippen LogP contribution in [-0.2, 0) is 30.3 Å². The van der Waals surface area contributed by atoms with Gasteiger partial charge in [0.1, 0.15) is 25.0 Å². The van der Waals surface area contributed by atoms with Crippen molar-refractivity contribution in [2.75, 3.05) is 6.61 Å². The van der Waals surface area contributed by atoms with Crippen LogP contribution in [0.4, 0.5) is 0 Å². The Morgan fingerprint density at radius 2 is 1.63 bits per heavy atom. The van der Waals surface area contributed by atoms with E-state index in [1.54, 1.807) is 37.3 Å². The number of nitrogens with zero attached hydrogens (tertiary/aromatic N) is 1. The lowest BCUT2D eigenvalue weighted by atomic mass is 10.1. The smallest absolute Gasteiger partial charge is 0.456 e. The average molecular weight is 590 g/mol. The maximum atomic E-state index is 12.9. The lowest BCUT2D eigenvalue weighted by Gasteiger charge is -2.17. The van der Waals surface area contributed by atoms with Crippen molar-refractivity contribution < 1.29 is 23.3 Å². The van der Waals surface area contributed by atoms with Gasteiger partial charge in [0, 0.05) is 18.2 Å². The Bertz CT molecular complexity index is 1690. The molecule has 0 radical (unpaired) electrons. The molecule has 1 unspecified atom stereocenters. The van der Waals surface area contributed by atoms with Crippen molar-refractivity contribution in [3.63, 3.8) is 0 Å².